The molecule has 0 bridgehead atoms. The van der Waals surface area contributed by atoms with Crippen LogP contribution in [0.5, 0.6) is 0 Å². The van der Waals surface area contributed by atoms with Gasteiger partial charge in [0, 0.05) is 6.54 Å². The summed E-state index contributed by atoms with van der Waals surface area (Å²) in [5.41, 5.74) is 0.686. The van der Waals surface area contributed by atoms with Crippen LogP contribution in [0.1, 0.15) is 32.4 Å². The molecule has 0 aliphatic heterocycles. The molecule has 146 valence electrons. The van der Waals surface area contributed by atoms with Crippen molar-refractivity contribution in [3.05, 3.63) is 81.0 Å². The molecular formula is C22H25N3O3. The number of nitrogens with zero attached hydrogens (tertiary/aromatic N) is 2. The van der Waals surface area contributed by atoms with E-state index in [1.54, 1.807) is 31.2 Å². The molecule has 1 atom stereocenters. The maximum Gasteiger partial charge on any atom is 0.331 e. The highest BCUT2D eigenvalue weighted by Crippen LogP contribution is 2.21. The quantitative estimate of drug-likeness (QED) is 0.716. The van der Waals surface area contributed by atoms with Crippen LogP contribution in [-0.2, 0) is 17.9 Å². The number of carbonyl (C=O) groups excluding carboxylic acids is 1. The van der Waals surface area contributed by atoms with E-state index in [1.165, 1.54) is 4.57 Å². The molecule has 0 aliphatic carbocycles. The molecule has 6 heteroatoms. The molecule has 0 spiro atoms. The number of para-hydroxylation sites is 1. The second-order valence-corrected chi connectivity index (χ2v) is 7.14. The summed E-state index contributed by atoms with van der Waals surface area (Å²) < 4.78 is 2.53. The minimum absolute atomic E-state index is 0.143. The number of nitrogens with one attached hydrogen (secondary N) is 1. The van der Waals surface area contributed by atoms with Crippen LogP contribution in [0, 0.1) is 5.92 Å². The number of benzene rings is 2. The molecule has 0 fully saturated rings. The number of aromatic nitrogens is 2. The summed E-state index contributed by atoms with van der Waals surface area (Å²) in [6, 6.07) is 16.5. The molecule has 1 amide bonds. The fourth-order valence-electron chi connectivity index (χ4n) is 3.46. The number of rotatable bonds is 6. The van der Waals surface area contributed by atoms with Gasteiger partial charge >= 0.3 is 5.69 Å². The molecule has 1 N–H and O–H groups in total. The highest BCUT2D eigenvalue weighted by molar-refractivity contribution is 5.81. The van der Waals surface area contributed by atoms with Crippen molar-refractivity contribution in [1.29, 1.82) is 0 Å². The number of amides is 1. The largest absolute Gasteiger partial charge is 0.347 e. The SMILES string of the molecule is CCn1c(=O)c2ccccc2n(CC(=O)N[C@H](c2ccccc2)C(C)C)c1=O. The minimum atomic E-state index is -0.470. The fraction of sp³-hybridized carbons (Fsp3) is 0.318. The molecule has 0 saturated carbocycles. The van der Waals surface area contributed by atoms with Crippen molar-refractivity contribution in [3.63, 3.8) is 0 Å². The van der Waals surface area contributed by atoms with Crippen LogP contribution in [0.15, 0.2) is 64.2 Å². The summed E-state index contributed by atoms with van der Waals surface area (Å²) >= 11 is 0. The van der Waals surface area contributed by atoms with Gasteiger partial charge in [0.25, 0.3) is 5.56 Å². The van der Waals surface area contributed by atoms with Gasteiger partial charge in [0.15, 0.2) is 0 Å². The number of hydrogen-bond donors (Lipinski definition) is 1. The van der Waals surface area contributed by atoms with Crippen molar-refractivity contribution < 1.29 is 4.79 Å². The molecule has 0 saturated heterocycles. The van der Waals surface area contributed by atoms with Gasteiger partial charge in [-0.1, -0.05) is 56.3 Å². The van der Waals surface area contributed by atoms with E-state index in [0.717, 1.165) is 10.1 Å². The van der Waals surface area contributed by atoms with Crippen LogP contribution in [0.2, 0.25) is 0 Å². The topological polar surface area (TPSA) is 73.1 Å². The molecule has 0 aliphatic rings. The molecule has 1 aromatic heterocycles. The summed E-state index contributed by atoms with van der Waals surface area (Å²) in [6.07, 6.45) is 0. The lowest BCUT2D eigenvalue weighted by Crippen LogP contribution is -2.43. The zero-order valence-corrected chi connectivity index (χ0v) is 16.4. The highest BCUT2D eigenvalue weighted by Gasteiger charge is 2.20. The van der Waals surface area contributed by atoms with Gasteiger partial charge in [0.1, 0.15) is 6.54 Å². The Balaban J connectivity index is 1.97. The average molecular weight is 379 g/mol. The Morgan fingerprint density at radius 1 is 0.964 bits per heavy atom. The van der Waals surface area contributed by atoms with Gasteiger partial charge in [0.05, 0.1) is 16.9 Å². The van der Waals surface area contributed by atoms with E-state index in [1.807, 2.05) is 44.2 Å². The Bertz CT molecular complexity index is 1100. The van der Waals surface area contributed by atoms with Gasteiger partial charge in [-0.2, -0.15) is 0 Å². The average Bonchev–Trinajstić information content (AvgIpc) is 2.70. The second-order valence-electron chi connectivity index (χ2n) is 7.14. The first kappa shape index (κ1) is 19.6. The van der Waals surface area contributed by atoms with E-state index in [0.29, 0.717) is 10.9 Å². The van der Waals surface area contributed by atoms with Gasteiger partial charge in [-0.3, -0.25) is 18.7 Å². The molecule has 3 aromatic rings. The van der Waals surface area contributed by atoms with Gasteiger partial charge in [-0.15, -0.1) is 0 Å². The Morgan fingerprint density at radius 3 is 2.25 bits per heavy atom. The van der Waals surface area contributed by atoms with Gasteiger partial charge < -0.3 is 5.32 Å². The maximum absolute atomic E-state index is 12.8. The van der Waals surface area contributed by atoms with Crippen LogP contribution >= 0.6 is 0 Å². The molecule has 0 unspecified atom stereocenters. The van der Waals surface area contributed by atoms with Gasteiger partial charge in [-0.25, -0.2) is 4.79 Å². The summed E-state index contributed by atoms with van der Waals surface area (Å²) in [6.45, 7) is 5.93. The van der Waals surface area contributed by atoms with Crippen molar-refractivity contribution in [3.8, 4) is 0 Å². The van der Waals surface area contributed by atoms with Crippen molar-refractivity contribution >= 4 is 16.8 Å². The first-order valence-corrected chi connectivity index (χ1v) is 9.50. The molecule has 2 aromatic carbocycles. The summed E-state index contributed by atoms with van der Waals surface area (Å²) in [5, 5.41) is 3.47. The Kier molecular flexibility index (Phi) is 5.78. The van der Waals surface area contributed by atoms with Gasteiger partial charge in [-0.05, 0) is 30.5 Å². The molecule has 3 rings (SSSR count). The smallest absolute Gasteiger partial charge is 0.331 e. The van der Waals surface area contributed by atoms with E-state index in [2.05, 4.69) is 5.32 Å². The molecule has 0 radical (unpaired) electrons. The third-order valence-electron chi connectivity index (χ3n) is 4.89. The molecular weight excluding hydrogens is 354 g/mol. The van der Waals surface area contributed by atoms with E-state index < -0.39 is 5.69 Å². The number of carbonyl (C=O) groups is 1. The molecule has 1 heterocycles. The zero-order chi connectivity index (χ0) is 20.3. The monoisotopic (exact) mass is 379 g/mol. The first-order valence-electron chi connectivity index (χ1n) is 9.50. The molecule has 28 heavy (non-hydrogen) atoms. The lowest BCUT2D eigenvalue weighted by atomic mass is 9.96. The highest BCUT2D eigenvalue weighted by atomic mass is 16.2. The lowest BCUT2D eigenvalue weighted by molar-refractivity contribution is -0.122. The normalized spacial score (nSPS) is 12.3. The lowest BCUT2D eigenvalue weighted by Gasteiger charge is -2.23. The second kappa shape index (κ2) is 8.25. The number of hydrogen-bond acceptors (Lipinski definition) is 3. The predicted octanol–water partition coefficient (Wildman–Crippen LogP) is 2.70. The maximum atomic E-state index is 12.8. The fourth-order valence-corrected chi connectivity index (χ4v) is 3.46. The Morgan fingerprint density at radius 2 is 1.61 bits per heavy atom. The van der Waals surface area contributed by atoms with Crippen molar-refractivity contribution in [2.45, 2.75) is 39.9 Å². The summed E-state index contributed by atoms with van der Waals surface area (Å²) in [4.78, 5) is 38.1. The zero-order valence-electron chi connectivity index (χ0n) is 16.4. The van der Waals surface area contributed by atoms with Crippen LogP contribution < -0.4 is 16.6 Å². The van der Waals surface area contributed by atoms with Crippen LogP contribution in [-0.4, -0.2) is 15.0 Å². The van der Waals surface area contributed by atoms with Crippen molar-refractivity contribution in [2.75, 3.05) is 0 Å². The van der Waals surface area contributed by atoms with Crippen molar-refractivity contribution in [1.82, 2.24) is 14.5 Å². The van der Waals surface area contributed by atoms with E-state index in [-0.39, 0.29) is 36.5 Å². The van der Waals surface area contributed by atoms with Crippen LogP contribution in [0.3, 0.4) is 0 Å². The standard InChI is InChI=1S/C22H25N3O3/c1-4-24-21(27)17-12-8-9-13-18(17)25(22(24)28)14-19(26)23-20(15(2)3)16-10-6-5-7-11-16/h5-13,15,20H,4,14H2,1-3H3,(H,23,26)/t20-/m0/s1. The number of fused-ring (bicyclic) bond motifs is 1. The predicted molar refractivity (Wildman–Crippen MR) is 110 cm³/mol. The third kappa shape index (κ3) is 3.76. The van der Waals surface area contributed by atoms with Crippen LogP contribution in [0.4, 0.5) is 0 Å². The third-order valence-corrected chi connectivity index (χ3v) is 4.89. The minimum Gasteiger partial charge on any atom is -0.347 e. The molecule has 6 nitrogen and oxygen atoms in total. The Hall–Kier alpha value is -3.15. The summed E-state index contributed by atoms with van der Waals surface area (Å²) in [5.74, 6) is -0.0829. The van der Waals surface area contributed by atoms with Crippen molar-refractivity contribution in [2.24, 2.45) is 5.92 Å². The van der Waals surface area contributed by atoms with E-state index in [9.17, 15) is 14.4 Å². The first-order chi connectivity index (χ1) is 13.4. The van der Waals surface area contributed by atoms with E-state index in [4.69, 9.17) is 0 Å². The van der Waals surface area contributed by atoms with Gasteiger partial charge in [0.2, 0.25) is 5.91 Å². The van der Waals surface area contributed by atoms with Crippen LogP contribution in [0.25, 0.3) is 10.9 Å². The Labute approximate surface area is 163 Å². The summed E-state index contributed by atoms with van der Waals surface area (Å²) in [7, 11) is 0. The van der Waals surface area contributed by atoms with E-state index >= 15 is 0 Å².